The quantitative estimate of drug-likeness (QED) is 0.385. The van der Waals surface area contributed by atoms with Crippen LogP contribution in [0.1, 0.15) is 62.7 Å². The number of phenols is 1. The van der Waals surface area contributed by atoms with Crippen LogP contribution in [0.4, 0.5) is 0 Å². The van der Waals surface area contributed by atoms with Crippen molar-refractivity contribution in [1.82, 2.24) is 0 Å². The van der Waals surface area contributed by atoms with Crippen molar-refractivity contribution in [3.63, 3.8) is 0 Å². The Labute approximate surface area is 122 Å². The molecule has 1 aromatic rings. The Morgan fingerprint density at radius 1 is 1.25 bits per heavy atom. The first-order chi connectivity index (χ1) is 9.56. The molecule has 20 heavy (non-hydrogen) atoms. The van der Waals surface area contributed by atoms with Crippen molar-refractivity contribution in [2.75, 3.05) is 0 Å². The monoisotopic (exact) mass is 274 g/mol. The van der Waals surface area contributed by atoms with Gasteiger partial charge in [-0.2, -0.15) is 0 Å². The highest BCUT2D eigenvalue weighted by molar-refractivity contribution is 5.99. The Hall–Kier alpha value is -1.57. The number of carbonyl (C=O) groups is 1. The fourth-order valence-corrected chi connectivity index (χ4v) is 2.25. The van der Waals surface area contributed by atoms with Crippen molar-refractivity contribution in [2.45, 2.75) is 52.4 Å². The number of benzene rings is 1. The van der Waals surface area contributed by atoms with E-state index >= 15 is 0 Å². The van der Waals surface area contributed by atoms with Crippen molar-refractivity contribution in [3.8, 4) is 5.75 Å². The maximum Gasteiger partial charge on any atom is 0.169 e. The first-order valence-corrected chi connectivity index (χ1v) is 7.55. The molecule has 0 radical (unpaired) electrons. The molecule has 2 heteroatoms. The van der Waals surface area contributed by atoms with E-state index in [1.54, 1.807) is 24.3 Å². The summed E-state index contributed by atoms with van der Waals surface area (Å²) < 4.78 is 0. The minimum Gasteiger partial charge on any atom is -0.507 e. The average Bonchev–Trinajstić information content (AvgIpc) is 2.45. The van der Waals surface area contributed by atoms with Gasteiger partial charge in [0.2, 0.25) is 0 Å². The molecule has 0 aliphatic rings. The molecular formula is C18H26O2. The molecule has 1 unspecified atom stereocenters. The summed E-state index contributed by atoms with van der Waals surface area (Å²) in [7, 11) is 0. The highest BCUT2D eigenvalue weighted by atomic mass is 16.3. The second-order valence-corrected chi connectivity index (χ2v) is 5.53. The summed E-state index contributed by atoms with van der Waals surface area (Å²) >= 11 is 0. The SMILES string of the molecule is C=C(CCCCC)CCC(C)C(=O)c1ccccc1O. The number of unbranched alkanes of at least 4 members (excludes halogenated alkanes) is 2. The van der Waals surface area contributed by atoms with Gasteiger partial charge in [-0.3, -0.25) is 4.79 Å². The second kappa shape index (κ2) is 8.57. The molecule has 2 nitrogen and oxygen atoms in total. The topological polar surface area (TPSA) is 37.3 Å². The summed E-state index contributed by atoms with van der Waals surface area (Å²) in [6, 6.07) is 6.75. The number of carbonyl (C=O) groups excluding carboxylic acids is 1. The molecule has 1 rings (SSSR count). The van der Waals surface area contributed by atoms with E-state index in [1.165, 1.54) is 24.8 Å². The molecule has 0 saturated heterocycles. The molecule has 0 spiro atoms. The summed E-state index contributed by atoms with van der Waals surface area (Å²) in [5.74, 6) is 0.0156. The van der Waals surface area contributed by atoms with Crippen LogP contribution in [0.3, 0.4) is 0 Å². The van der Waals surface area contributed by atoms with Crippen LogP contribution in [0.15, 0.2) is 36.4 Å². The molecule has 1 N–H and O–H groups in total. The maximum atomic E-state index is 12.2. The number of hydrogen-bond acceptors (Lipinski definition) is 2. The fraction of sp³-hybridized carbons (Fsp3) is 0.500. The highest BCUT2D eigenvalue weighted by Crippen LogP contribution is 2.23. The summed E-state index contributed by atoms with van der Waals surface area (Å²) in [6.07, 6.45) is 6.41. The number of allylic oxidation sites excluding steroid dienone is 1. The third kappa shape index (κ3) is 5.20. The van der Waals surface area contributed by atoms with Gasteiger partial charge in [-0.15, -0.1) is 0 Å². The molecule has 0 amide bonds. The Kier molecular flexibility index (Phi) is 7.06. The number of Topliss-reactive ketones (excluding diaryl/α,β-unsaturated/α-hetero) is 1. The lowest BCUT2D eigenvalue weighted by Gasteiger charge is -2.12. The van der Waals surface area contributed by atoms with Gasteiger partial charge in [0, 0.05) is 5.92 Å². The Bertz CT molecular complexity index is 448. The van der Waals surface area contributed by atoms with Crippen LogP contribution in [0.5, 0.6) is 5.75 Å². The van der Waals surface area contributed by atoms with E-state index in [9.17, 15) is 9.90 Å². The number of para-hydroxylation sites is 1. The molecule has 0 fully saturated rings. The molecule has 0 aliphatic heterocycles. The number of rotatable bonds is 9. The Morgan fingerprint density at radius 2 is 1.95 bits per heavy atom. The maximum absolute atomic E-state index is 12.2. The van der Waals surface area contributed by atoms with Crippen molar-refractivity contribution < 1.29 is 9.90 Å². The Morgan fingerprint density at radius 3 is 2.60 bits per heavy atom. The lowest BCUT2D eigenvalue weighted by atomic mass is 9.92. The van der Waals surface area contributed by atoms with Gasteiger partial charge < -0.3 is 5.11 Å². The van der Waals surface area contributed by atoms with Gasteiger partial charge in [-0.1, -0.05) is 51.0 Å². The molecule has 0 bridgehead atoms. The number of phenolic OH excluding ortho intramolecular Hbond substituents is 1. The standard InChI is InChI=1S/C18H26O2/c1-4-5-6-9-14(2)12-13-15(3)18(20)16-10-7-8-11-17(16)19/h7-8,10-11,15,19H,2,4-6,9,12-13H2,1,3H3. The van der Waals surface area contributed by atoms with Gasteiger partial charge in [0.25, 0.3) is 0 Å². The molecule has 1 atom stereocenters. The molecule has 110 valence electrons. The molecule has 0 heterocycles. The predicted octanol–water partition coefficient (Wildman–Crippen LogP) is 5.13. The van der Waals surface area contributed by atoms with Crippen molar-refractivity contribution in [3.05, 3.63) is 42.0 Å². The largest absolute Gasteiger partial charge is 0.507 e. The van der Waals surface area contributed by atoms with Crippen molar-refractivity contribution in [1.29, 1.82) is 0 Å². The lowest BCUT2D eigenvalue weighted by Crippen LogP contribution is -2.11. The zero-order valence-electron chi connectivity index (χ0n) is 12.7. The van der Waals surface area contributed by atoms with Crippen LogP contribution < -0.4 is 0 Å². The van der Waals surface area contributed by atoms with Crippen LogP contribution >= 0.6 is 0 Å². The van der Waals surface area contributed by atoms with E-state index in [4.69, 9.17) is 0 Å². The lowest BCUT2D eigenvalue weighted by molar-refractivity contribution is 0.0921. The number of aromatic hydroxyl groups is 1. The summed E-state index contributed by atoms with van der Waals surface area (Å²) in [4.78, 5) is 12.2. The summed E-state index contributed by atoms with van der Waals surface area (Å²) in [5, 5.41) is 9.71. The van der Waals surface area contributed by atoms with Crippen molar-refractivity contribution in [2.24, 2.45) is 5.92 Å². The van der Waals surface area contributed by atoms with Crippen molar-refractivity contribution >= 4 is 5.78 Å². The van der Waals surface area contributed by atoms with Crippen LogP contribution in [0.25, 0.3) is 0 Å². The zero-order valence-corrected chi connectivity index (χ0v) is 12.7. The van der Waals surface area contributed by atoms with E-state index < -0.39 is 0 Å². The molecule has 0 aliphatic carbocycles. The van der Waals surface area contributed by atoms with E-state index in [0.29, 0.717) is 5.56 Å². The number of ketones is 1. The van der Waals surface area contributed by atoms with Crippen LogP contribution in [-0.4, -0.2) is 10.9 Å². The zero-order chi connectivity index (χ0) is 15.0. The predicted molar refractivity (Wildman–Crippen MR) is 84.1 cm³/mol. The first-order valence-electron chi connectivity index (χ1n) is 7.55. The van der Waals surface area contributed by atoms with Gasteiger partial charge in [0.05, 0.1) is 5.56 Å². The van der Waals surface area contributed by atoms with E-state index in [0.717, 1.165) is 19.3 Å². The van der Waals surface area contributed by atoms with E-state index in [1.807, 2.05) is 6.92 Å². The molecule has 1 aromatic carbocycles. The summed E-state index contributed by atoms with van der Waals surface area (Å²) in [6.45, 7) is 8.20. The van der Waals surface area contributed by atoms with Crippen LogP contribution in [0, 0.1) is 5.92 Å². The van der Waals surface area contributed by atoms with Crippen LogP contribution in [0.2, 0.25) is 0 Å². The van der Waals surface area contributed by atoms with Gasteiger partial charge in [-0.05, 0) is 37.8 Å². The molecule has 0 saturated carbocycles. The van der Waals surface area contributed by atoms with Gasteiger partial charge in [0.1, 0.15) is 5.75 Å². The third-order valence-electron chi connectivity index (χ3n) is 3.68. The van der Waals surface area contributed by atoms with E-state index in [-0.39, 0.29) is 17.5 Å². The Balaban J connectivity index is 2.43. The molecule has 0 aromatic heterocycles. The van der Waals surface area contributed by atoms with E-state index in [2.05, 4.69) is 13.5 Å². The fourth-order valence-electron chi connectivity index (χ4n) is 2.25. The van der Waals surface area contributed by atoms with Gasteiger partial charge >= 0.3 is 0 Å². The van der Waals surface area contributed by atoms with Gasteiger partial charge in [-0.25, -0.2) is 0 Å². The van der Waals surface area contributed by atoms with Gasteiger partial charge in [0.15, 0.2) is 5.78 Å². The minimum absolute atomic E-state index is 0.0180. The summed E-state index contributed by atoms with van der Waals surface area (Å²) in [5.41, 5.74) is 1.66. The smallest absolute Gasteiger partial charge is 0.169 e. The minimum atomic E-state index is -0.0776. The highest BCUT2D eigenvalue weighted by Gasteiger charge is 2.17. The molecular weight excluding hydrogens is 248 g/mol. The normalized spacial score (nSPS) is 12.1. The average molecular weight is 274 g/mol. The first kappa shape index (κ1) is 16.5. The second-order valence-electron chi connectivity index (χ2n) is 5.53. The third-order valence-corrected chi connectivity index (χ3v) is 3.68. The number of hydrogen-bond donors (Lipinski definition) is 1. The van der Waals surface area contributed by atoms with Crippen LogP contribution in [-0.2, 0) is 0 Å².